The van der Waals surface area contributed by atoms with Crippen LogP contribution < -0.4 is 5.32 Å². The molecule has 0 aliphatic heterocycles. The first kappa shape index (κ1) is 17.9. The Kier molecular flexibility index (Phi) is 8.83. The molecule has 1 unspecified atom stereocenters. The lowest BCUT2D eigenvalue weighted by atomic mass is 10.1. The fourth-order valence-corrected chi connectivity index (χ4v) is 1.55. The molecule has 1 atom stereocenters. The minimum Gasteiger partial charge on any atom is -0.374 e. The Labute approximate surface area is 114 Å². The van der Waals surface area contributed by atoms with E-state index in [1.807, 2.05) is 0 Å². The predicted molar refractivity (Wildman–Crippen MR) is 78.0 cm³/mol. The SMILES string of the molecule is CC(C)CNCC(OCCOC(C)(C)C)C(C)C. The van der Waals surface area contributed by atoms with Gasteiger partial charge in [-0.25, -0.2) is 0 Å². The third-order valence-electron chi connectivity index (χ3n) is 2.59. The van der Waals surface area contributed by atoms with Gasteiger partial charge < -0.3 is 14.8 Å². The molecule has 0 fully saturated rings. The quantitative estimate of drug-likeness (QED) is 0.645. The minimum absolute atomic E-state index is 0.0768. The summed E-state index contributed by atoms with van der Waals surface area (Å²) in [5.41, 5.74) is -0.0768. The highest BCUT2D eigenvalue weighted by atomic mass is 16.5. The number of hydrogen-bond donors (Lipinski definition) is 1. The lowest BCUT2D eigenvalue weighted by molar-refractivity contribution is -0.0595. The number of hydrogen-bond acceptors (Lipinski definition) is 3. The number of rotatable bonds is 9. The van der Waals surface area contributed by atoms with E-state index in [0.29, 0.717) is 25.0 Å². The molecule has 1 N–H and O–H groups in total. The van der Waals surface area contributed by atoms with E-state index >= 15 is 0 Å². The van der Waals surface area contributed by atoms with Crippen molar-refractivity contribution < 1.29 is 9.47 Å². The van der Waals surface area contributed by atoms with Crippen LogP contribution in [0.3, 0.4) is 0 Å². The highest BCUT2D eigenvalue weighted by molar-refractivity contribution is 4.67. The van der Waals surface area contributed by atoms with E-state index < -0.39 is 0 Å². The molecule has 3 nitrogen and oxygen atoms in total. The first-order valence-electron chi connectivity index (χ1n) is 7.18. The third-order valence-corrected chi connectivity index (χ3v) is 2.59. The average Bonchev–Trinajstić information content (AvgIpc) is 2.19. The standard InChI is InChI=1S/C15H33NO2/c1-12(2)10-16-11-14(13(3)4)17-8-9-18-15(5,6)7/h12-14,16H,8-11H2,1-7H3. The second-order valence-electron chi connectivity index (χ2n) is 6.67. The van der Waals surface area contributed by atoms with E-state index in [9.17, 15) is 0 Å². The van der Waals surface area contributed by atoms with Gasteiger partial charge in [-0.15, -0.1) is 0 Å². The first-order chi connectivity index (χ1) is 8.22. The summed E-state index contributed by atoms with van der Waals surface area (Å²) in [5, 5.41) is 3.46. The fraction of sp³-hybridized carbons (Fsp3) is 1.00. The normalized spacial score (nSPS) is 14.5. The average molecular weight is 259 g/mol. The Morgan fingerprint density at radius 3 is 2.00 bits per heavy atom. The van der Waals surface area contributed by atoms with E-state index in [4.69, 9.17) is 9.47 Å². The van der Waals surface area contributed by atoms with Crippen LogP contribution in [0.15, 0.2) is 0 Å². The van der Waals surface area contributed by atoms with Crippen LogP contribution >= 0.6 is 0 Å². The van der Waals surface area contributed by atoms with Gasteiger partial charge in [0.15, 0.2) is 0 Å². The molecule has 0 aromatic carbocycles. The van der Waals surface area contributed by atoms with Gasteiger partial charge >= 0.3 is 0 Å². The lowest BCUT2D eigenvalue weighted by Gasteiger charge is -2.24. The van der Waals surface area contributed by atoms with Crippen LogP contribution in [0.2, 0.25) is 0 Å². The van der Waals surface area contributed by atoms with Gasteiger partial charge in [-0.3, -0.25) is 0 Å². The summed E-state index contributed by atoms with van der Waals surface area (Å²) < 4.78 is 11.6. The van der Waals surface area contributed by atoms with Crippen LogP contribution in [-0.2, 0) is 9.47 Å². The Bertz CT molecular complexity index is 197. The van der Waals surface area contributed by atoms with E-state index in [1.165, 1.54) is 0 Å². The first-order valence-corrected chi connectivity index (χ1v) is 7.18. The number of ether oxygens (including phenoxy) is 2. The topological polar surface area (TPSA) is 30.5 Å². The van der Waals surface area contributed by atoms with Crippen molar-refractivity contribution in [3.63, 3.8) is 0 Å². The molecule has 0 rings (SSSR count). The summed E-state index contributed by atoms with van der Waals surface area (Å²) in [4.78, 5) is 0. The second kappa shape index (κ2) is 8.89. The Morgan fingerprint density at radius 1 is 0.944 bits per heavy atom. The van der Waals surface area contributed by atoms with Crippen LogP contribution in [0.1, 0.15) is 48.5 Å². The molecule has 0 aliphatic carbocycles. The second-order valence-corrected chi connectivity index (χ2v) is 6.67. The van der Waals surface area contributed by atoms with Gasteiger partial charge in [-0.1, -0.05) is 27.7 Å². The van der Waals surface area contributed by atoms with Gasteiger partial charge in [0.1, 0.15) is 0 Å². The fourth-order valence-electron chi connectivity index (χ4n) is 1.55. The summed E-state index contributed by atoms with van der Waals surface area (Å²) in [7, 11) is 0. The molecule has 0 saturated carbocycles. The van der Waals surface area contributed by atoms with Crippen LogP contribution in [0, 0.1) is 11.8 Å². The van der Waals surface area contributed by atoms with Crippen LogP contribution in [0.5, 0.6) is 0 Å². The van der Waals surface area contributed by atoms with Gasteiger partial charge in [0.05, 0.1) is 24.9 Å². The smallest absolute Gasteiger partial charge is 0.0723 e. The molecular formula is C15H33NO2. The molecule has 0 aromatic heterocycles. The van der Waals surface area contributed by atoms with E-state index in [1.54, 1.807) is 0 Å². The van der Waals surface area contributed by atoms with Crippen LogP contribution in [0.25, 0.3) is 0 Å². The third kappa shape index (κ3) is 11.0. The molecule has 0 bridgehead atoms. The van der Waals surface area contributed by atoms with Crippen LogP contribution in [0.4, 0.5) is 0 Å². The maximum Gasteiger partial charge on any atom is 0.0723 e. The molecule has 0 radical (unpaired) electrons. The maximum atomic E-state index is 5.89. The Hall–Kier alpha value is -0.120. The highest BCUT2D eigenvalue weighted by Crippen LogP contribution is 2.08. The zero-order valence-corrected chi connectivity index (χ0v) is 13.4. The molecule has 18 heavy (non-hydrogen) atoms. The Morgan fingerprint density at radius 2 is 1.56 bits per heavy atom. The van der Waals surface area contributed by atoms with Crippen molar-refractivity contribution in [1.29, 1.82) is 0 Å². The molecule has 110 valence electrons. The van der Waals surface area contributed by atoms with Crippen molar-refractivity contribution >= 4 is 0 Å². The highest BCUT2D eigenvalue weighted by Gasteiger charge is 2.15. The van der Waals surface area contributed by atoms with Gasteiger partial charge in [-0.2, -0.15) is 0 Å². The van der Waals surface area contributed by atoms with Gasteiger partial charge in [0.2, 0.25) is 0 Å². The summed E-state index contributed by atoms with van der Waals surface area (Å²) in [6, 6.07) is 0. The summed E-state index contributed by atoms with van der Waals surface area (Å²) >= 11 is 0. The zero-order valence-electron chi connectivity index (χ0n) is 13.4. The van der Waals surface area contributed by atoms with E-state index in [2.05, 4.69) is 53.8 Å². The molecule has 0 spiro atoms. The molecule has 0 aliphatic rings. The van der Waals surface area contributed by atoms with Gasteiger partial charge in [0.25, 0.3) is 0 Å². The zero-order chi connectivity index (χ0) is 14.2. The molecule has 0 heterocycles. The van der Waals surface area contributed by atoms with E-state index in [0.717, 1.165) is 13.1 Å². The minimum atomic E-state index is -0.0768. The predicted octanol–water partition coefficient (Wildman–Crippen LogP) is 3.09. The van der Waals surface area contributed by atoms with Crippen molar-refractivity contribution in [1.82, 2.24) is 5.32 Å². The summed E-state index contributed by atoms with van der Waals surface area (Å²) in [5.74, 6) is 1.21. The van der Waals surface area contributed by atoms with Crippen molar-refractivity contribution in [2.45, 2.75) is 60.2 Å². The Balaban J connectivity index is 3.77. The monoisotopic (exact) mass is 259 g/mol. The molecule has 0 saturated heterocycles. The van der Waals surface area contributed by atoms with Crippen LogP contribution in [-0.4, -0.2) is 38.0 Å². The maximum absolute atomic E-state index is 5.89. The largest absolute Gasteiger partial charge is 0.374 e. The van der Waals surface area contributed by atoms with Crippen molar-refractivity contribution in [2.75, 3.05) is 26.3 Å². The van der Waals surface area contributed by atoms with Crippen molar-refractivity contribution in [3.05, 3.63) is 0 Å². The molecular weight excluding hydrogens is 226 g/mol. The molecule has 0 amide bonds. The molecule has 3 heteroatoms. The number of nitrogens with one attached hydrogen (secondary N) is 1. The van der Waals surface area contributed by atoms with Gasteiger partial charge in [0, 0.05) is 6.54 Å². The van der Waals surface area contributed by atoms with E-state index in [-0.39, 0.29) is 11.7 Å². The van der Waals surface area contributed by atoms with Gasteiger partial charge in [-0.05, 0) is 39.2 Å². The lowest BCUT2D eigenvalue weighted by Crippen LogP contribution is -2.36. The summed E-state index contributed by atoms with van der Waals surface area (Å²) in [6.45, 7) is 18.3. The van der Waals surface area contributed by atoms with Crippen molar-refractivity contribution in [3.8, 4) is 0 Å². The molecule has 0 aromatic rings. The van der Waals surface area contributed by atoms with Crippen molar-refractivity contribution in [2.24, 2.45) is 11.8 Å². The summed E-state index contributed by atoms with van der Waals surface area (Å²) in [6.07, 6.45) is 0.271.